The molecule has 3 N–H and O–H groups in total. The van der Waals surface area contributed by atoms with Crippen LogP contribution in [0.5, 0.6) is 0 Å². The molecule has 2 heterocycles. The molecule has 0 radical (unpaired) electrons. The lowest BCUT2D eigenvalue weighted by Gasteiger charge is -2.34. The quantitative estimate of drug-likeness (QED) is 0.716. The Hall–Kier alpha value is -2.45. The Morgan fingerprint density at radius 3 is 2.88 bits per heavy atom. The van der Waals surface area contributed by atoms with E-state index in [1.807, 2.05) is 13.0 Å². The largest absolute Gasteiger partial charge is 0.479 e. The lowest BCUT2D eigenvalue weighted by Crippen LogP contribution is -2.54. The summed E-state index contributed by atoms with van der Waals surface area (Å²) in [4.78, 5) is 36.5. The van der Waals surface area contributed by atoms with Crippen LogP contribution in [0.3, 0.4) is 0 Å². The number of nitrogens with zero attached hydrogens (tertiary/aromatic N) is 1. The topological polar surface area (TPSA) is 116 Å². The molecule has 2 amide bonds. The number of aliphatic hydroxyl groups is 1. The maximum Gasteiger partial charge on any atom is 0.335 e. The first-order chi connectivity index (χ1) is 11.4. The highest BCUT2D eigenvalue weighted by atomic mass is 16.5. The van der Waals surface area contributed by atoms with Crippen molar-refractivity contribution in [3.63, 3.8) is 0 Å². The van der Waals surface area contributed by atoms with Crippen LogP contribution in [-0.4, -0.2) is 53.4 Å². The summed E-state index contributed by atoms with van der Waals surface area (Å²) in [5.74, 6) is -2.32. The van der Waals surface area contributed by atoms with E-state index >= 15 is 0 Å². The number of ether oxygens (including phenoxy) is 1. The summed E-state index contributed by atoms with van der Waals surface area (Å²) in [6.07, 6.45) is -2.74. The number of nitrogens with one attached hydrogen (secondary N) is 1. The van der Waals surface area contributed by atoms with Crippen LogP contribution >= 0.6 is 0 Å². The van der Waals surface area contributed by atoms with Crippen molar-refractivity contribution in [1.82, 2.24) is 0 Å². The number of benzene rings is 1. The van der Waals surface area contributed by atoms with E-state index in [4.69, 9.17) is 9.84 Å². The highest BCUT2D eigenvalue weighted by Crippen LogP contribution is 2.31. The zero-order valence-electron chi connectivity index (χ0n) is 13.1. The summed E-state index contributed by atoms with van der Waals surface area (Å²) in [5, 5.41) is 21.3. The minimum atomic E-state index is -1.92. The highest BCUT2D eigenvalue weighted by molar-refractivity contribution is 6.01. The second-order valence-corrected chi connectivity index (χ2v) is 6.00. The Labute approximate surface area is 138 Å². The van der Waals surface area contributed by atoms with Gasteiger partial charge in [0.15, 0.2) is 12.2 Å². The van der Waals surface area contributed by atoms with Crippen LogP contribution in [0.4, 0.5) is 11.4 Å². The molecule has 1 aromatic carbocycles. The molecule has 8 nitrogen and oxygen atoms in total. The first-order valence-electron chi connectivity index (χ1n) is 7.66. The first kappa shape index (κ1) is 16.4. The number of carboxylic acid groups (broad SMARTS) is 1. The van der Waals surface area contributed by atoms with E-state index in [1.54, 1.807) is 12.1 Å². The van der Waals surface area contributed by atoms with Gasteiger partial charge in [-0.05, 0) is 24.1 Å². The fourth-order valence-corrected chi connectivity index (χ4v) is 2.92. The van der Waals surface area contributed by atoms with Gasteiger partial charge < -0.3 is 25.2 Å². The average Bonchev–Trinajstić information content (AvgIpc) is 2.55. The number of carboxylic acids is 1. The van der Waals surface area contributed by atoms with Crippen molar-refractivity contribution in [2.75, 3.05) is 23.4 Å². The number of hydrogen-bond donors (Lipinski definition) is 3. The van der Waals surface area contributed by atoms with Gasteiger partial charge in [-0.1, -0.05) is 13.0 Å². The lowest BCUT2D eigenvalue weighted by atomic mass is 9.94. The van der Waals surface area contributed by atoms with Crippen LogP contribution in [0.15, 0.2) is 18.2 Å². The Balaban J connectivity index is 1.86. The van der Waals surface area contributed by atoms with Gasteiger partial charge in [-0.25, -0.2) is 4.79 Å². The maximum absolute atomic E-state index is 12.4. The normalized spacial score (nSPS) is 25.0. The van der Waals surface area contributed by atoms with Gasteiger partial charge in [0, 0.05) is 23.8 Å². The van der Waals surface area contributed by atoms with Gasteiger partial charge in [0.2, 0.25) is 5.91 Å². The molecule has 24 heavy (non-hydrogen) atoms. The predicted molar refractivity (Wildman–Crippen MR) is 83.7 cm³/mol. The molecular formula is C16H18N2O6. The number of fused-ring (bicyclic) bond motifs is 1. The number of aliphatic hydroxyl groups excluding tert-OH is 1. The molecule has 0 bridgehead atoms. The van der Waals surface area contributed by atoms with Gasteiger partial charge in [0.05, 0.1) is 6.61 Å². The molecular weight excluding hydrogens is 316 g/mol. The fraction of sp³-hybridized carbons (Fsp3) is 0.438. The van der Waals surface area contributed by atoms with Crippen LogP contribution in [0.2, 0.25) is 0 Å². The van der Waals surface area contributed by atoms with Crippen molar-refractivity contribution in [1.29, 1.82) is 0 Å². The Morgan fingerprint density at radius 2 is 2.17 bits per heavy atom. The molecule has 1 saturated heterocycles. The molecule has 1 fully saturated rings. The standard InChI is InChI=1S/C16H18N2O6/c1-8-6-9-2-3-10(7-11(9)17-14(8)20)18-4-5-24-13(15(18)21)12(19)16(22)23/h2-3,7-8,12-13,19H,4-6H2,1H3,(H,17,20)(H,22,23)/t8?,12-,13-/m1/s1. The first-order valence-corrected chi connectivity index (χ1v) is 7.66. The van der Waals surface area contributed by atoms with Gasteiger partial charge in [0.25, 0.3) is 5.91 Å². The number of rotatable bonds is 3. The second kappa shape index (κ2) is 6.21. The summed E-state index contributed by atoms with van der Waals surface area (Å²) < 4.78 is 5.12. The van der Waals surface area contributed by atoms with Crippen molar-refractivity contribution in [2.45, 2.75) is 25.6 Å². The number of amides is 2. The zero-order chi connectivity index (χ0) is 17.4. The lowest BCUT2D eigenvalue weighted by molar-refractivity contribution is -0.163. The van der Waals surface area contributed by atoms with E-state index in [1.165, 1.54) is 4.90 Å². The number of morpholine rings is 1. The van der Waals surface area contributed by atoms with Crippen LogP contribution in [0, 0.1) is 5.92 Å². The molecule has 8 heteroatoms. The Morgan fingerprint density at radius 1 is 1.42 bits per heavy atom. The summed E-state index contributed by atoms with van der Waals surface area (Å²) in [7, 11) is 0. The molecule has 2 aliphatic rings. The average molecular weight is 334 g/mol. The molecule has 0 saturated carbocycles. The van der Waals surface area contributed by atoms with E-state index in [2.05, 4.69) is 5.32 Å². The van der Waals surface area contributed by atoms with Crippen molar-refractivity contribution in [3.05, 3.63) is 23.8 Å². The number of aliphatic carboxylic acids is 1. The van der Waals surface area contributed by atoms with Gasteiger partial charge in [-0.2, -0.15) is 0 Å². The molecule has 0 aromatic heterocycles. The van der Waals surface area contributed by atoms with E-state index in [-0.39, 0.29) is 25.0 Å². The molecule has 0 aliphatic carbocycles. The molecule has 3 rings (SSSR count). The molecule has 1 unspecified atom stereocenters. The van der Waals surface area contributed by atoms with Crippen molar-refractivity contribution >= 4 is 29.2 Å². The van der Waals surface area contributed by atoms with Gasteiger partial charge in [-0.15, -0.1) is 0 Å². The SMILES string of the molecule is CC1Cc2ccc(N3CCO[C@H]([C@@H](O)C(=O)O)C3=O)cc2NC1=O. The van der Waals surface area contributed by atoms with Crippen molar-refractivity contribution in [2.24, 2.45) is 5.92 Å². The second-order valence-electron chi connectivity index (χ2n) is 6.00. The zero-order valence-corrected chi connectivity index (χ0v) is 13.1. The van der Waals surface area contributed by atoms with E-state index in [0.29, 0.717) is 17.8 Å². The van der Waals surface area contributed by atoms with Crippen LogP contribution in [-0.2, 0) is 25.5 Å². The summed E-state index contributed by atoms with van der Waals surface area (Å²) in [5.41, 5.74) is 2.15. The number of carbonyl (C=O) groups is 3. The molecule has 2 aliphatic heterocycles. The molecule has 1 aromatic rings. The Kier molecular flexibility index (Phi) is 4.25. The third kappa shape index (κ3) is 2.85. The van der Waals surface area contributed by atoms with Gasteiger partial charge in [0.1, 0.15) is 0 Å². The molecule has 3 atom stereocenters. The third-order valence-corrected chi connectivity index (χ3v) is 4.30. The number of carbonyl (C=O) groups excluding carboxylic acids is 2. The minimum Gasteiger partial charge on any atom is -0.479 e. The number of anilines is 2. The van der Waals surface area contributed by atoms with E-state index < -0.39 is 24.1 Å². The van der Waals surface area contributed by atoms with E-state index in [9.17, 15) is 19.5 Å². The van der Waals surface area contributed by atoms with Gasteiger partial charge in [-0.3, -0.25) is 9.59 Å². The summed E-state index contributed by atoms with van der Waals surface area (Å²) >= 11 is 0. The Bertz CT molecular complexity index is 704. The third-order valence-electron chi connectivity index (χ3n) is 4.30. The number of hydrogen-bond acceptors (Lipinski definition) is 5. The monoisotopic (exact) mass is 334 g/mol. The minimum absolute atomic E-state index is 0.0767. The fourth-order valence-electron chi connectivity index (χ4n) is 2.92. The predicted octanol–water partition coefficient (Wildman–Crippen LogP) is -0.00540. The maximum atomic E-state index is 12.4. The van der Waals surface area contributed by atoms with E-state index in [0.717, 1.165) is 5.56 Å². The van der Waals surface area contributed by atoms with Crippen molar-refractivity contribution < 1.29 is 29.3 Å². The molecule has 0 spiro atoms. The highest BCUT2D eigenvalue weighted by Gasteiger charge is 2.39. The summed E-state index contributed by atoms with van der Waals surface area (Å²) in [6, 6.07) is 5.27. The van der Waals surface area contributed by atoms with Crippen molar-refractivity contribution in [3.8, 4) is 0 Å². The van der Waals surface area contributed by atoms with Crippen LogP contribution in [0.25, 0.3) is 0 Å². The van der Waals surface area contributed by atoms with Crippen LogP contribution < -0.4 is 10.2 Å². The molecule has 128 valence electrons. The smallest absolute Gasteiger partial charge is 0.335 e. The van der Waals surface area contributed by atoms with Gasteiger partial charge >= 0.3 is 5.97 Å². The van der Waals surface area contributed by atoms with Crippen LogP contribution in [0.1, 0.15) is 12.5 Å². The summed E-state index contributed by atoms with van der Waals surface area (Å²) in [6.45, 7) is 2.20.